The van der Waals surface area contributed by atoms with Crippen LogP contribution < -0.4 is 14.8 Å². The second-order valence-electron chi connectivity index (χ2n) is 8.35. The summed E-state index contributed by atoms with van der Waals surface area (Å²) in [6.07, 6.45) is 1.01. The molecule has 1 saturated heterocycles. The largest absolute Gasteiger partial charge is 0.486 e. The van der Waals surface area contributed by atoms with Gasteiger partial charge in [-0.15, -0.1) is 0 Å². The molecule has 0 spiro atoms. The van der Waals surface area contributed by atoms with E-state index in [-0.39, 0.29) is 36.3 Å². The molecule has 34 heavy (non-hydrogen) atoms. The summed E-state index contributed by atoms with van der Waals surface area (Å²) in [6.45, 7) is 4.93. The van der Waals surface area contributed by atoms with Crippen molar-refractivity contribution in [2.24, 2.45) is 0 Å². The highest BCUT2D eigenvalue weighted by molar-refractivity contribution is 7.89. The van der Waals surface area contributed by atoms with Gasteiger partial charge in [0.05, 0.1) is 11.4 Å². The van der Waals surface area contributed by atoms with Gasteiger partial charge in [0.2, 0.25) is 21.8 Å². The molecule has 0 bridgehead atoms. The average molecular weight is 488 g/mol. The van der Waals surface area contributed by atoms with Gasteiger partial charge in [0, 0.05) is 24.8 Å². The molecular weight excluding hydrogens is 458 g/mol. The molecule has 9 nitrogen and oxygen atoms in total. The van der Waals surface area contributed by atoms with Crippen LogP contribution >= 0.6 is 0 Å². The van der Waals surface area contributed by atoms with Crippen LogP contribution in [0.1, 0.15) is 25.3 Å². The number of benzene rings is 2. The minimum Gasteiger partial charge on any atom is -0.486 e. The maximum Gasteiger partial charge on any atom is 0.243 e. The van der Waals surface area contributed by atoms with E-state index in [4.69, 9.17) is 9.47 Å². The van der Waals surface area contributed by atoms with Crippen LogP contribution in [0.3, 0.4) is 0 Å². The summed E-state index contributed by atoms with van der Waals surface area (Å²) >= 11 is 0. The smallest absolute Gasteiger partial charge is 0.243 e. The predicted molar refractivity (Wildman–Crippen MR) is 126 cm³/mol. The number of aryl methyl sites for hydroxylation is 1. The van der Waals surface area contributed by atoms with Crippen LogP contribution in [-0.4, -0.2) is 68.3 Å². The molecule has 2 amide bonds. The Morgan fingerprint density at radius 3 is 2.50 bits per heavy atom. The molecule has 0 aromatic heterocycles. The first kappa shape index (κ1) is 24.0. The van der Waals surface area contributed by atoms with E-state index in [9.17, 15) is 18.0 Å². The molecule has 4 rings (SSSR count). The second kappa shape index (κ2) is 10.0. The molecule has 10 heteroatoms. The van der Waals surface area contributed by atoms with Crippen molar-refractivity contribution in [3.8, 4) is 11.5 Å². The van der Waals surface area contributed by atoms with E-state index in [1.54, 1.807) is 49.4 Å². The highest BCUT2D eigenvalue weighted by Crippen LogP contribution is 2.32. The molecule has 182 valence electrons. The Bertz CT molecular complexity index is 1170. The summed E-state index contributed by atoms with van der Waals surface area (Å²) in [6, 6.07) is 10.9. The Hall–Kier alpha value is -3.11. The number of fused-ring (bicyclic) bond motifs is 1. The number of hydrogen-bond donors (Lipinski definition) is 1. The number of rotatable bonds is 7. The van der Waals surface area contributed by atoms with Crippen molar-refractivity contribution in [2.75, 3.05) is 38.2 Å². The predicted octanol–water partition coefficient (Wildman–Crippen LogP) is 2.41. The molecule has 1 N–H and O–H groups in total. The Kier molecular flexibility index (Phi) is 7.08. The van der Waals surface area contributed by atoms with E-state index < -0.39 is 16.1 Å². The van der Waals surface area contributed by atoms with Gasteiger partial charge in [-0.2, -0.15) is 4.31 Å². The van der Waals surface area contributed by atoms with E-state index in [1.165, 1.54) is 9.21 Å². The number of nitrogens with one attached hydrogen (secondary N) is 1. The summed E-state index contributed by atoms with van der Waals surface area (Å²) in [5.74, 6) is 0.423. The SMILES string of the molecule is CCN(CC(=O)Nc1ccc2c(c1)OCCO2)C(=O)[C@@H]1CCCN1S(=O)(=O)c1ccc(C)cc1. The van der Waals surface area contributed by atoms with Crippen molar-refractivity contribution in [1.82, 2.24) is 9.21 Å². The van der Waals surface area contributed by atoms with Crippen molar-refractivity contribution in [1.29, 1.82) is 0 Å². The summed E-state index contributed by atoms with van der Waals surface area (Å²) in [7, 11) is -3.82. The molecule has 1 atom stereocenters. The Morgan fingerprint density at radius 1 is 1.09 bits per heavy atom. The minimum absolute atomic E-state index is 0.164. The second-order valence-corrected chi connectivity index (χ2v) is 10.2. The van der Waals surface area contributed by atoms with Crippen molar-refractivity contribution in [3.05, 3.63) is 48.0 Å². The van der Waals surface area contributed by atoms with Gasteiger partial charge in [-0.25, -0.2) is 8.42 Å². The van der Waals surface area contributed by atoms with Crippen LogP contribution in [0.2, 0.25) is 0 Å². The zero-order valence-electron chi connectivity index (χ0n) is 19.3. The van der Waals surface area contributed by atoms with E-state index in [1.807, 2.05) is 6.92 Å². The monoisotopic (exact) mass is 487 g/mol. The first-order valence-corrected chi connectivity index (χ1v) is 12.8. The average Bonchev–Trinajstić information content (AvgIpc) is 3.33. The molecule has 2 aliphatic rings. The first-order valence-electron chi connectivity index (χ1n) is 11.4. The van der Waals surface area contributed by atoms with Crippen LogP contribution in [0.25, 0.3) is 0 Å². The number of ether oxygens (including phenoxy) is 2. The van der Waals surface area contributed by atoms with Crippen LogP contribution in [0.15, 0.2) is 47.4 Å². The van der Waals surface area contributed by atoms with Crippen molar-refractivity contribution in [2.45, 2.75) is 37.6 Å². The fourth-order valence-electron chi connectivity index (χ4n) is 4.17. The number of likely N-dealkylation sites (N-methyl/N-ethyl adjacent to an activating group) is 1. The van der Waals surface area contributed by atoms with E-state index in [0.29, 0.717) is 43.2 Å². The van der Waals surface area contributed by atoms with E-state index in [0.717, 1.165) is 5.56 Å². The lowest BCUT2D eigenvalue weighted by Crippen LogP contribution is -2.49. The molecule has 1 fully saturated rings. The summed E-state index contributed by atoms with van der Waals surface area (Å²) in [5.41, 5.74) is 1.48. The summed E-state index contributed by atoms with van der Waals surface area (Å²) in [4.78, 5) is 27.5. The van der Waals surface area contributed by atoms with Gasteiger partial charge in [0.15, 0.2) is 11.5 Å². The molecular formula is C24H29N3O6S. The number of carbonyl (C=O) groups excluding carboxylic acids is 2. The first-order chi connectivity index (χ1) is 16.3. The number of anilines is 1. The zero-order chi connectivity index (χ0) is 24.3. The number of nitrogens with zero attached hydrogens (tertiary/aromatic N) is 2. The maximum absolute atomic E-state index is 13.3. The van der Waals surface area contributed by atoms with Gasteiger partial charge in [0.1, 0.15) is 19.3 Å². The van der Waals surface area contributed by atoms with Crippen molar-refractivity contribution < 1.29 is 27.5 Å². The van der Waals surface area contributed by atoms with Gasteiger partial charge in [0.25, 0.3) is 0 Å². The van der Waals surface area contributed by atoms with Gasteiger partial charge in [-0.1, -0.05) is 17.7 Å². The Morgan fingerprint density at radius 2 is 1.79 bits per heavy atom. The van der Waals surface area contributed by atoms with Gasteiger partial charge < -0.3 is 19.7 Å². The Balaban J connectivity index is 1.44. The van der Waals surface area contributed by atoms with Crippen LogP contribution in [-0.2, 0) is 19.6 Å². The van der Waals surface area contributed by atoms with Gasteiger partial charge >= 0.3 is 0 Å². The van der Waals surface area contributed by atoms with Gasteiger partial charge in [-0.3, -0.25) is 9.59 Å². The number of amides is 2. The molecule has 0 aliphatic carbocycles. The normalized spacial score (nSPS) is 17.9. The van der Waals surface area contributed by atoms with Crippen molar-refractivity contribution >= 4 is 27.5 Å². The lowest BCUT2D eigenvalue weighted by Gasteiger charge is -2.29. The molecule has 0 saturated carbocycles. The maximum atomic E-state index is 13.3. The highest BCUT2D eigenvalue weighted by Gasteiger charge is 2.41. The number of sulfonamides is 1. The van der Waals surface area contributed by atoms with Crippen LogP contribution in [0, 0.1) is 6.92 Å². The third kappa shape index (κ3) is 5.02. The number of carbonyl (C=O) groups is 2. The fraction of sp³-hybridized carbons (Fsp3) is 0.417. The zero-order valence-corrected chi connectivity index (χ0v) is 20.1. The number of hydrogen-bond acceptors (Lipinski definition) is 6. The van der Waals surface area contributed by atoms with Gasteiger partial charge in [-0.05, 0) is 51.0 Å². The quantitative estimate of drug-likeness (QED) is 0.643. The fourth-order valence-corrected chi connectivity index (χ4v) is 5.82. The lowest BCUT2D eigenvalue weighted by atomic mass is 10.2. The topological polar surface area (TPSA) is 105 Å². The lowest BCUT2D eigenvalue weighted by molar-refractivity contribution is -0.137. The molecule has 2 aromatic carbocycles. The molecule has 0 radical (unpaired) electrons. The van der Waals surface area contributed by atoms with Crippen LogP contribution in [0.5, 0.6) is 11.5 Å². The summed E-state index contributed by atoms with van der Waals surface area (Å²) < 4.78 is 38.7. The van der Waals surface area contributed by atoms with Crippen molar-refractivity contribution in [3.63, 3.8) is 0 Å². The summed E-state index contributed by atoms with van der Waals surface area (Å²) in [5, 5.41) is 2.77. The third-order valence-corrected chi connectivity index (χ3v) is 7.89. The molecule has 2 aliphatic heterocycles. The standard InChI is InChI=1S/C24H29N3O6S/c1-3-26(16-23(28)25-18-8-11-21-22(15-18)33-14-13-32-21)24(29)20-5-4-12-27(20)34(30,31)19-9-6-17(2)7-10-19/h6-11,15,20H,3-5,12-14,16H2,1-2H3,(H,25,28)/t20-/m0/s1. The molecule has 0 unspecified atom stereocenters. The van der Waals surface area contributed by atoms with Crippen LogP contribution in [0.4, 0.5) is 5.69 Å². The minimum atomic E-state index is -3.82. The highest BCUT2D eigenvalue weighted by atomic mass is 32.2. The Labute approximate surface area is 199 Å². The van der Waals surface area contributed by atoms with E-state index >= 15 is 0 Å². The molecule has 2 heterocycles. The third-order valence-electron chi connectivity index (χ3n) is 5.97. The van der Waals surface area contributed by atoms with E-state index in [2.05, 4.69) is 5.32 Å². The molecule has 2 aromatic rings.